The zero-order chi connectivity index (χ0) is 15.7. The minimum Gasteiger partial charge on any atom is -0.356 e. The Morgan fingerprint density at radius 3 is 2.43 bits per heavy atom. The molecule has 0 atom stereocenters. The van der Waals surface area contributed by atoms with Crippen molar-refractivity contribution in [3.8, 4) is 0 Å². The Kier molecular flexibility index (Phi) is 6.78. The van der Waals surface area contributed by atoms with E-state index in [0.29, 0.717) is 19.0 Å². The lowest BCUT2D eigenvalue weighted by atomic mass is 9.92. The zero-order valence-electron chi connectivity index (χ0n) is 13.4. The van der Waals surface area contributed by atoms with Crippen molar-refractivity contribution in [2.24, 2.45) is 10.4 Å². The molecular weight excluding hydrogens is 266 g/mol. The summed E-state index contributed by atoms with van der Waals surface area (Å²) >= 11 is 0. The van der Waals surface area contributed by atoms with Crippen LogP contribution in [0.5, 0.6) is 0 Å². The minimum absolute atomic E-state index is 0.0419. The van der Waals surface area contributed by atoms with Crippen molar-refractivity contribution < 1.29 is 4.79 Å². The van der Waals surface area contributed by atoms with E-state index in [1.807, 2.05) is 45.3 Å². The van der Waals surface area contributed by atoms with Crippen molar-refractivity contribution in [3.05, 3.63) is 24.5 Å². The number of aromatic nitrogens is 1. The second-order valence-electron chi connectivity index (χ2n) is 5.52. The first-order valence-electron chi connectivity index (χ1n) is 7.33. The molecule has 1 heterocycles. The van der Waals surface area contributed by atoms with E-state index in [4.69, 9.17) is 0 Å². The summed E-state index contributed by atoms with van der Waals surface area (Å²) < 4.78 is 2.10. The van der Waals surface area contributed by atoms with Gasteiger partial charge in [0, 0.05) is 45.6 Å². The molecule has 21 heavy (non-hydrogen) atoms. The Morgan fingerprint density at radius 2 is 1.86 bits per heavy atom. The average molecular weight is 293 g/mol. The van der Waals surface area contributed by atoms with Crippen molar-refractivity contribution in [2.75, 3.05) is 26.7 Å². The van der Waals surface area contributed by atoms with Crippen LogP contribution in [0.4, 0.5) is 0 Å². The van der Waals surface area contributed by atoms with Crippen LogP contribution in [-0.4, -0.2) is 43.1 Å². The smallest absolute Gasteiger partial charge is 0.227 e. The van der Waals surface area contributed by atoms with Gasteiger partial charge in [-0.2, -0.15) is 0 Å². The van der Waals surface area contributed by atoms with Crippen LogP contribution in [0.2, 0.25) is 0 Å². The summed E-state index contributed by atoms with van der Waals surface area (Å²) in [5.74, 6) is 0.750. The van der Waals surface area contributed by atoms with Gasteiger partial charge in [-0.3, -0.25) is 9.79 Å². The third-order valence-electron chi connectivity index (χ3n) is 3.20. The van der Waals surface area contributed by atoms with Gasteiger partial charge < -0.3 is 20.5 Å². The molecule has 0 spiro atoms. The van der Waals surface area contributed by atoms with E-state index in [9.17, 15) is 4.79 Å². The first-order chi connectivity index (χ1) is 9.99. The molecule has 0 bridgehead atoms. The third kappa shape index (κ3) is 5.89. The van der Waals surface area contributed by atoms with E-state index >= 15 is 0 Å². The number of guanidine groups is 1. The maximum Gasteiger partial charge on any atom is 0.227 e. The quantitative estimate of drug-likeness (QED) is 0.515. The molecule has 0 aromatic carbocycles. The van der Waals surface area contributed by atoms with Gasteiger partial charge in [0.15, 0.2) is 5.96 Å². The highest BCUT2D eigenvalue weighted by atomic mass is 16.2. The van der Waals surface area contributed by atoms with Crippen LogP contribution < -0.4 is 16.0 Å². The molecule has 1 aromatic rings. The van der Waals surface area contributed by atoms with Crippen LogP contribution in [-0.2, 0) is 11.3 Å². The number of amides is 1. The number of nitrogens with zero attached hydrogens (tertiary/aromatic N) is 2. The number of nitrogens with one attached hydrogen (secondary N) is 3. The van der Waals surface area contributed by atoms with Gasteiger partial charge in [-0.1, -0.05) is 0 Å². The molecule has 1 aromatic heterocycles. The average Bonchev–Trinajstić information content (AvgIpc) is 2.96. The van der Waals surface area contributed by atoms with E-state index in [2.05, 4.69) is 25.5 Å². The Morgan fingerprint density at radius 1 is 1.19 bits per heavy atom. The summed E-state index contributed by atoms with van der Waals surface area (Å²) in [5.41, 5.74) is -0.478. The van der Waals surface area contributed by atoms with E-state index < -0.39 is 5.41 Å². The van der Waals surface area contributed by atoms with Crippen LogP contribution >= 0.6 is 0 Å². The predicted molar refractivity (Wildman–Crippen MR) is 86.3 cm³/mol. The number of carbonyl (C=O) groups excluding carboxylic acids is 1. The first-order valence-corrected chi connectivity index (χ1v) is 7.33. The highest BCUT2D eigenvalue weighted by Crippen LogP contribution is 2.13. The summed E-state index contributed by atoms with van der Waals surface area (Å²) in [6.07, 6.45) is 4.05. The van der Waals surface area contributed by atoms with Crippen molar-refractivity contribution >= 4 is 11.9 Å². The molecular formula is C15H27N5O. The second-order valence-corrected chi connectivity index (χ2v) is 5.52. The molecule has 0 aliphatic heterocycles. The fourth-order valence-electron chi connectivity index (χ4n) is 1.83. The number of hydrogen-bond donors (Lipinski definition) is 3. The van der Waals surface area contributed by atoms with Gasteiger partial charge in [-0.15, -0.1) is 0 Å². The predicted octanol–water partition coefficient (Wildman–Crippen LogP) is 0.815. The topological polar surface area (TPSA) is 70.4 Å². The number of rotatable bonds is 7. The van der Waals surface area contributed by atoms with E-state index in [1.165, 1.54) is 0 Å². The molecule has 0 aliphatic rings. The summed E-state index contributed by atoms with van der Waals surface area (Å²) in [7, 11) is 1.73. The SMILES string of the molecule is CCNC(=O)C(C)(C)CNC(=NC)NCCn1cccc1. The minimum atomic E-state index is -0.478. The van der Waals surface area contributed by atoms with Gasteiger partial charge >= 0.3 is 0 Å². The number of aliphatic imine (C=N–C) groups is 1. The maximum absolute atomic E-state index is 11.9. The van der Waals surface area contributed by atoms with Crippen LogP contribution in [0.15, 0.2) is 29.5 Å². The zero-order valence-corrected chi connectivity index (χ0v) is 13.4. The van der Waals surface area contributed by atoms with Crippen molar-refractivity contribution in [2.45, 2.75) is 27.3 Å². The fraction of sp³-hybridized carbons (Fsp3) is 0.600. The van der Waals surface area contributed by atoms with Gasteiger partial charge in [-0.05, 0) is 32.9 Å². The van der Waals surface area contributed by atoms with Crippen molar-refractivity contribution in [1.82, 2.24) is 20.5 Å². The molecule has 1 amide bonds. The molecule has 0 aliphatic carbocycles. The molecule has 1 rings (SSSR count). The van der Waals surface area contributed by atoms with Gasteiger partial charge in [0.05, 0.1) is 5.41 Å². The molecule has 0 unspecified atom stereocenters. The molecule has 6 heteroatoms. The second kappa shape index (κ2) is 8.34. The molecule has 0 radical (unpaired) electrons. The molecule has 0 fully saturated rings. The Hall–Kier alpha value is -1.98. The molecule has 6 nitrogen and oxygen atoms in total. The lowest BCUT2D eigenvalue weighted by Crippen LogP contribution is -2.48. The lowest BCUT2D eigenvalue weighted by molar-refractivity contribution is -0.128. The molecule has 118 valence electrons. The molecule has 0 saturated carbocycles. The summed E-state index contributed by atoms with van der Waals surface area (Å²) in [4.78, 5) is 16.1. The van der Waals surface area contributed by atoms with Crippen LogP contribution in [0.1, 0.15) is 20.8 Å². The highest BCUT2D eigenvalue weighted by molar-refractivity contribution is 5.84. The standard InChI is InChI=1S/C15H27N5O/c1-5-17-13(21)15(2,3)12-19-14(16-4)18-8-11-20-9-6-7-10-20/h6-7,9-10H,5,8,11-12H2,1-4H3,(H,17,21)(H2,16,18,19). The van der Waals surface area contributed by atoms with Crippen molar-refractivity contribution in [3.63, 3.8) is 0 Å². The first kappa shape index (κ1) is 17.1. The van der Waals surface area contributed by atoms with Gasteiger partial charge in [0.2, 0.25) is 5.91 Å². The van der Waals surface area contributed by atoms with Gasteiger partial charge in [0.25, 0.3) is 0 Å². The normalized spacial score (nSPS) is 12.1. The van der Waals surface area contributed by atoms with E-state index in [1.54, 1.807) is 7.05 Å². The van der Waals surface area contributed by atoms with Crippen LogP contribution in [0, 0.1) is 5.41 Å². The van der Waals surface area contributed by atoms with Crippen LogP contribution in [0.3, 0.4) is 0 Å². The van der Waals surface area contributed by atoms with E-state index in [-0.39, 0.29) is 5.91 Å². The fourth-order valence-corrected chi connectivity index (χ4v) is 1.83. The maximum atomic E-state index is 11.9. The third-order valence-corrected chi connectivity index (χ3v) is 3.20. The number of carbonyl (C=O) groups is 1. The van der Waals surface area contributed by atoms with Gasteiger partial charge in [-0.25, -0.2) is 0 Å². The van der Waals surface area contributed by atoms with Crippen LogP contribution in [0.25, 0.3) is 0 Å². The highest BCUT2D eigenvalue weighted by Gasteiger charge is 2.27. The summed E-state index contributed by atoms with van der Waals surface area (Å²) in [6.45, 7) is 8.57. The van der Waals surface area contributed by atoms with E-state index in [0.717, 1.165) is 13.1 Å². The number of hydrogen-bond acceptors (Lipinski definition) is 2. The Labute approximate surface area is 127 Å². The Balaban J connectivity index is 2.35. The largest absolute Gasteiger partial charge is 0.356 e. The van der Waals surface area contributed by atoms with Gasteiger partial charge in [0.1, 0.15) is 0 Å². The Bertz CT molecular complexity index is 451. The summed E-state index contributed by atoms with van der Waals surface area (Å²) in [6, 6.07) is 4.00. The van der Waals surface area contributed by atoms with Crippen molar-refractivity contribution in [1.29, 1.82) is 0 Å². The molecule has 0 saturated heterocycles. The lowest BCUT2D eigenvalue weighted by Gasteiger charge is -2.24. The monoisotopic (exact) mass is 293 g/mol. The molecule has 3 N–H and O–H groups in total. The summed E-state index contributed by atoms with van der Waals surface area (Å²) in [5, 5.41) is 9.28.